The number of halogens is 4. The second kappa shape index (κ2) is 9.07. The Morgan fingerprint density at radius 1 is 0.844 bits per heavy atom. The van der Waals surface area contributed by atoms with Crippen LogP contribution in [0.25, 0.3) is 22.0 Å². The van der Waals surface area contributed by atoms with E-state index >= 15 is 0 Å². The van der Waals surface area contributed by atoms with Gasteiger partial charge in [-0.2, -0.15) is 0 Å². The molecule has 0 radical (unpaired) electrons. The van der Waals surface area contributed by atoms with Crippen molar-refractivity contribution in [3.8, 4) is 23.1 Å². The Morgan fingerprint density at radius 3 is 2.31 bits per heavy atom. The van der Waals surface area contributed by atoms with E-state index in [1.807, 2.05) is 12.1 Å². The van der Waals surface area contributed by atoms with Gasteiger partial charge < -0.3 is 0 Å². The molecule has 0 aliphatic carbocycles. The summed E-state index contributed by atoms with van der Waals surface area (Å²) in [7, 11) is 0. The SMILES string of the molecule is C=CCCc1ccc(-c2cc(F)c(C#Cc3ccc4c(F)c(F)ccc4c3)c(F)c2)nc1. The zero-order valence-electron chi connectivity index (χ0n) is 16.9. The molecule has 0 saturated heterocycles. The smallest absolute Gasteiger partial charge is 0.166 e. The molecule has 0 atom stereocenters. The van der Waals surface area contributed by atoms with Gasteiger partial charge in [0.05, 0.1) is 11.3 Å². The summed E-state index contributed by atoms with van der Waals surface area (Å²) in [5.74, 6) is 1.68. The summed E-state index contributed by atoms with van der Waals surface area (Å²) in [5, 5.41) is 0.551. The van der Waals surface area contributed by atoms with Crippen LogP contribution in [0, 0.1) is 35.1 Å². The third kappa shape index (κ3) is 4.40. The molecular weight excluding hydrogens is 414 g/mol. The number of benzene rings is 3. The number of pyridine rings is 1. The molecule has 32 heavy (non-hydrogen) atoms. The Kier molecular flexibility index (Phi) is 6.04. The Hall–Kier alpha value is -3.91. The van der Waals surface area contributed by atoms with Gasteiger partial charge in [0, 0.05) is 22.7 Å². The Bertz CT molecular complexity index is 1360. The summed E-state index contributed by atoms with van der Waals surface area (Å²) < 4.78 is 56.4. The van der Waals surface area contributed by atoms with Crippen LogP contribution in [0.5, 0.6) is 0 Å². The molecule has 0 aliphatic rings. The van der Waals surface area contributed by atoms with Gasteiger partial charge in [-0.3, -0.25) is 4.98 Å². The van der Waals surface area contributed by atoms with E-state index in [4.69, 9.17) is 0 Å². The lowest BCUT2D eigenvalue weighted by Crippen LogP contribution is -1.94. The van der Waals surface area contributed by atoms with Crippen LogP contribution < -0.4 is 0 Å². The maximum Gasteiger partial charge on any atom is 0.166 e. The van der Waals surface area contributed by atoms with E-state index in [1.165, 1.54) is 36.4 Å². The summed E-state index contributed by atoms with van der Waals surface area (Å²) in [6.07, 6.45) is 5.11. The van der Waals surface area contributed by atoms with Crippen molar-refractivity contribution in [3.05, 3.63) is 113 Å². The predicted octanol–water partition coefficient (Wildman–Crippen LogP) is 6.98. The van der Waals surface area contributed by atoms with Gasteiger partial charge in [0.1, 0.15) is 11.6 Å². The van der Waals surface area contributed by atoms with Gasteiger partial charge in [0.25, 0.3) is 0 Å². The molecular formula is C27H17F4N. The molecule has 4 rings (SSSR count). The molecule has 0 amide bonds. The zero-order chi connectivity index (χ0) is 22.7. The van der Waals surface area contributed by atoms with Gasteiger partial charge in [-0.15, -0.1) is 6.58 Å². The highest BCUT2D eigenvalue weighted by Gasteiger charge is 2.12. The highest BCUT2D eigenvalue weighted by Crippen LogP contribution is 2.24. The van der Waals surface area contributed by atoms with Crippen LogP contribution in [0.4, 0.5) is 17.6 Å². The molecule has 0 saturated carbocycles. The third-order valence-electron chi connectivity index (χ3n) is 5.04. The van der Waals surface area contributed by atoms with Gasteiger partial charge in [-0.05, 0) is 60.2 Å². The van der Waals surface area contributed by atoms with Gasteiger partial charge in [0.15, 0.2) is 11.6 Å². The molecule has 0 bridgehead atoms. The molecule has 0 fully saturated rings. The first-order chi connectivity index (χ1) is 15.5. The van der Waals surface area contributed by atoms with Gasteiger partial charge >= 0.3 is 0 Å². The molecule has 0 unspecified atom stereocenters. The minimum absolute atomic E-state index is 0.111. The van der Waals surface area contributed by atoms with E-state index in [-0.39, 0.29) is 10.9 Å². The Balaban J connectivity index is 1.62. The normalized spacial score (nSPS) is 10.6. The molecule has 1 heterocycles. The van der Waals surface area contributed by atoms with Crippen molar-refractivity contribution in [3.63, 3.8) is 0 Å². The van der Waals surface area contributed by atoms with E-state index in [2.05, 4.69) is 23.4 Å². The Morgan fingerprint density at radius 2 is 1.62 bits per heavy atom. The fraction of sp³-hybridized carbons (Fsp3) is 0.0741. The number of allylic oxidation sites excluding steroid dienone is 1. The van der Waals surface area contributed by atoms with Crippen LogP contribution in [0.2, 0.25) is 0 Å². The summed E-state index contributed by atoms with van der Waals surface area (Å²) >= 11 is 0. The second-order valence-electron chi connectivity index (χ2n) is 7.24. The number of rotatable bonds is 4. The number of fused-ring (bicyclic) bond motifs is 1. The topological polar surface area (TPSA) is 12.9 Å². The zero-order valence-corrected chi connectivity index (χ0v) is 16.9. The summed E-state index contributed by atoms with van der Waals surface area (Å²) in [5.41, 5.74) is 1.82. The Labute approximate surface area is 183 Å². The number of aromatic nitrogens is 1. The van der Waals surface area contributed by atoms with E-state index in [0.29, 0.717) is 22.2 Å². The molecule has 0 N–H and O–H groups in total. The van der Waals surface area contributed by atoms with Crippen molar-refractivity contribution in [1.82, 2.24) is 4.98 Å². The van der Waals surface area contributed by atoms with E-state index in [9.17, 15) is 17.6 Å². The first-order valence-electron chi connectivity index (χ1n) is 9.91. The standard InChI is InChI=1S/C27H17F4N/c1-2-3-4-18-7-12-26(32-16-18)20-14-24(29)22(25(30)15-20)10-6-17-5-9-21-19(13-17)8-11-23(28)27(21)31/h2,5,7-9,11-16H,1,3-4H2. The van der Waals surface area contributed by atoms with Crippen molar-refractivity contribution in [1.29, 1.82) is 0 Å². The number of nitrogens with zero attached hydrogens (tertiary/aromatic N) is 1. The molecule has 1 nitrogen and oxygen atoms in total. The van der Waals surface area contributed by atoms with Crippen LogP contribution in [0.1, 0.15) is 23.1 Å². The minimum atomic E-state index is -0.947. The van der Waals surface area contributed by atoms with Crippen molar-refractivity contribution in [2.24, 2.45) is 0 Å². The highest BCUT2D eigenvalue weighted by atomic mass is 19.2. The first-order valence-corrected chi connectivity index (χ1v) is 9.91. The third-order valence-corrected chi connectivity index (χ3v) is 5.04. The predicted molar refractivity (Wildman–Crippen MR) is 118 cm³/mol. The average molecular weight is 431 g/mol. The van der Waals surface area contributed by atoms with Crippen molar-refractivity contribution >= 4 is 10.8 Å². The quantitative estimate of drug-likeness (QED) is 0.193. The lowest BCUT2D eigenvalue weighted by Gasteiger charge is -2.05. The summed E-state index contributed by atoms with van der Waals surface area (Å²) in [4.78, 5) is 4.29. The number of hydrogen-bond acceptors (Lipinski definition) is 1. The average Bonchev–Trinajstić information content (AvgIpc) is 2.80. The van der Waals surface area contributed by atoms with Crippen molar-refractivity contribution in [2.75, 3.05) is 0 Å². The van der Waals surface area contributed by atoms with Crippen molar-refractivity contribution in [2.45, 2.75) is 12.8 Å². The lowest BCUT2D eigenvalue weighted by atomic mass is 10.0. The fourth-order valence-corrected chi connectivity index (χ4v) is 3.33. The largest absolute Gasteiger partial charge is 0.256 e. The van der Waals surface area contributed by atoms with Gasteiger partial charge in [-0.1, -0.05) is 36.1 Å². The van der Waals surface area contributed by atoms with Crippen LogP contribution in [0.15, 0.2) is 73.4 Å². The minimum Gasteiger partial charge on any atom is -0.256 e. The molecule has 0 spiro atoms. The number of hydrogen-bond donors (Lipinski definition) is 0. The molecule has 158 valence electrons. The molecule has 5 heteroatoms. The maximum absolute atomic E-state index is 14.6. The van der Waals surface area contributed by atoms with Gasteiger partial charge in [0.2, 0.25) is 0 Å². The first kappa shape index (κ1) is 21.3. The monoisotopic (exact) mass is 431 g/mol. The van der Waals surface area contributed by atoms with Crippen LogP contribution in [-0.2, 0) is 6.42 Å². The van der Waals surface area contributed by atoms with Crippen LogP contribution >= 0.6 is 0 Å². The van der Waals surface area contributed by atoms with Crippen molar-refractivity contribution < 1.29 is 17.6 Å². The molecule has 1 aromatic heterocycles. The number of aryl methyl sites for hydroxylation is 1. The fourth-order valence-electron chi connectivity index (χ4n) is 3.33. The van der Waals surface area contributed by atoms with E-state index in [1.54, 1.807) is 12.3 Å². The van der Waals surface area contributed by atoms with E-state index in [0.717, 1.165) is 24.5 Å². The highest BCUT2D eigenvalue weighted by molar-refractivity contribution is 5.84. The van der Waals surface area contributed by atoms with Crippen LogP contribution in [-0.4, -0.2) is 4.98 Å². The summed E-state index contributed by atoms with van der Waals surface area (Å²) in [6, 6.07) is 12.8. The second-order valence-corrected chi connectivity index (χ2v) is 7.24. The summed E-state index contributed by atoms with van der Waals surface area (Å²) in [6.45, 7) is 3.68. The van der Waals surface area contributed by atoms with Crippen LogP contribution in [0.3, 0.4) is 0 Å². The maximum atomic E-state index is 14.6. The molecule has 4 aromatic rings. The lowest BCUT2D eigenvalue weighted by molar-refractivity contribution is 0.517. The van der Waals surface area contributed by atoms with E-state index < -0.39 is 23.3 Å². The van der Waals surface area contributed by atoms with Gasteiger partial charge in [-0.25, -0.2) is 17.6 Å². The molecule has 3 aromatic carbocycles. The molecule has 0 aliphatic heterocycles.